The van der Waals surface area contributed by atoms with Crippen LogP contribution in [0, 0.1) is 23.6 Å². The Kier molecular flexibility index (Phi) is 12.5. The fraction of sp³-hybridized carbons (Fsp3) is 0.460. The molecule has 2 aromatic carbocycles. The lowest BCUT2D eigenvalue weighted by Gasteiger charge is -2.39. The molecule has 2 aromatic heterocycles. The Morgan fingerprint density at radius 3 is 2.35 bits per heavy atom. The van der Waals surface area contributed by atoms with Crippen LogP contribution in [0.5, 0.6) is 0 Å². The van der Waals surface area contributed by atoms with Gasteiger partial charge in [0.2, 0.25) is 11.8 Å². The Balaban J connectivity index is 0.706. The van der Waals surface area contributed by atoms with Crippen LogP contribution in [0.3, 0.4) is 0 Å². The Morgan fingerprint density at radius 2 is 1.65 bits per heavy atom. The number of nitrogens with two attached hydrogens (primary N) is 1. The van der Waals surface area contributed by atoms with Crippen LogP contribution < -0.4 is 21.3 Å². The number of ketones is 1. The molecule has 4 fully saturated rings. The number of nitrogens with one attached hydrogen (secondary N) is 2. The molecule has 62 heavy (non-hydrogen) atoms. The summed E-state index contributed by atoms with van der Waals surface area (Å²) in [5.41, 5.74) is 15.2. The normalized spacial score (nSPS) is 24.0. The minimum atomic E-state index is -0.545. The molecule has 2 amide bonds. The molecule has 0 spiro atoms. The number of pyridine rings is 2. The molecule has 324 valence electrons. The molecule has 5 heterocycles. The Bertz CT molecular complexity index is 2290. The van der Waals surface area contributed by atoms with Crippen molar-refractivity contribution in [2.45, 2.75) is 76.7 Å². The molecule has 5 aliphatic rings. The number of aromatic nitrogens is 2. The number of rotatable bonds is 11. The lowest BCUT2D eigenvalue weighted by molar-refractivity contribution is -0.133. The van der Waals surface area contributed by atoms with Crippen LogP contribution in [0.4, 0.5) is 21.6 Å². The molecule has 3 saturated heterocycles. The minimum absolute atomic E-state index is 0.0890. The number of hydrogen-bond acceptors (Lipinski definition) is 10. The number of imide groups is 1. The third-order valence-electron chi connectivity index (χ3n) is 14.3. The molecule has 4 N–H and O–H groups in total. The number of carbonyl (C=O) groups excluding carboxylic acids is 3. The van der Waals surface area contributed by atoms with Crippen molar-refractivity contribution in [2.75, 3.05) is 68.3 Å². The highest BCUT2D eigenvalue weighted by molar-refractivity contribution is 6.01. The second-order valence-corrected chi connectivity index (χ2v) is 18.4. The first-order chi connectivity index (χ1) is 30.1. The Hall–Kier alpha value is -5.46. The second kappa shape index (κ2) is 18.5. The molecule has 0 radical (unpaired) electrons. The van der Waals surface area contributed by atoms with Gasteiger partial charge in [-0.1, -0.05) is 42.8 Å². The van der Waals surface area contributed by atoms with Crippen molar-refractivity contribution >= 4 is 40.9 Å². The zero-order valence-corrected chi connectivity index (χ0v) is 35.8. The highest BCUT2D eigenvalue weighted by atomic mass is 19.1. The number of carbonyl (C=O) groups is 3. The summed E-state index contributed by atoms with van der Waals surface area (Å²) in [5, 5.41) is 5.40. The van der Waals surface area contributed by atoms with Gasteiger partial charge in [0.1, 0.15) is 17.7 Å². The summed E-state index contributed by atoms with van der Waals surface area (Å²) in [7, 11) is 0. The van der Waals surface area contributed by atoms with Crippen molar-refractivity contribution in [1.82, 2.24) is 25.1 Å². The van der Waals surface area contributed by atoms with Crippen LogP contribution in [-0.2, 0) is 16.0 Å². The van der Waals surface area contributed by atoms with E-state index in [-0.39, 0.29) is 30.0 Å². The highest BCUT2D eigenvalue weighted by Crippen LogP contribution is 2.37. The standard InChI is InChI=1S/C50H59FN8O3/c1-32-26-45-42(41(16-19-53-45)38-10-14-47(52)54-29-38)27-39(32)31-57-20-17-35(18-21-57)34-6-8-37(9-7-34)49(61)36-4-2-33(3-5-36)30-58-22-24-59(25-23-58)46-13-11-40(28-43(46)51)55-44-12-15-48(60)56-50(44)62/h6-11,13-14,16,19,27-29,32-33,35-36,44,55H,2-5,12,15,17-18,20-26,30-31H2,1H3,(H2,52,54)(H,56,60,62). The van der Waals surface area contributed by atoms with E-state index in [4.69, 9.17) is 10.7 Å². The first kappa shape index (κ1) is 41.9. The third-order valence-corrected chi connectivity index (χ3v) is 14.3. The van der Waals surface area contributed by atoms with E-state index in [0.29, 0.717) is 47.2 Å². The average Bonchev–Trinajstić information content (AvgIpc) is 3.28. The maximum absolute atomic E-state index is 15.2. The van der Waals surface area contributed by atoms with E-state index < -0.39 is 6.04 Å². The van der Waals surface area contributed by atoms with Gasteiger partial charge >= 0.3 is 0 Å². The predicted octanol–water partition coefficient (Wildman–Crippen LogP) is 7.35. The first-order valence-corrected chi connectivity index (χ1v) is 22.8. The number of amides is 2. The van der Waals surface area contributed by atoms with Crippen LogP contribution in [0.2, 0.25) is 0 Å². The predicted molar refractivity (Wildman–Crippen MR) is 242 cm³/mol. The summed E-state index contributed by atoms with van der Waals surface area (Å²) >= 11 is 0. The number of anilines is 3. The number of benzene rings is 2. The summed E-state index contributed by atoms with van der Waals surface area (Å²) in [5.74, 6) is 1.47. The van der Waals surface area contributed by atoms with Gasteiger partial charge in [-0.2, -0.15) is 0 Å². The van der Waals surface area contributed by atoms with E-state index >= 15 is 4.39 Å². The van der Waals surface area contributed by atoms with Gasteiger partial charge in [-0.15, -0.1) is 0 Å². The molecule has 1 saturated carbocycles. The highest BCUT2D eigenvalue weighted by Gasteiger charge is 2.31. The molecule has 4 aromatic rings. The first-order valence-electron chi connectivity index (χ1n) is 22.8. The molecule has 2 unspecified atom stereocenters. The lowest BCUT2D eigenvalue weighted by Crippen LogP contribution is -2.48. The van der Waals surface area contributed by atoms with Crippen molar-refractivity contribution in [3.8, 4) is 11.1 Å². The fourth-order valence-electron chi connectivity index (χ4n) is 10.5. The van der Waals surface area contributed by atoms with Crippen LogP contribution >= 0.6 is 0 Å². The number of hydrogen-bond donors (Lipinski definition) is 3. The van der Waals surface area contributed by atoms with Crippen LogP contribution in [0.1, 0.15) is 91.4 Å². The second-order valence-electron chi connectivity index (χ2n) is 18.4. The Morgan fingerprint density at radius 1 is 0.871 bits per heavy atom. The number of nitrogen functional groups attached to an aromatic ring is 1. The van der Waals surface area contributed by atoms with E-state index in [2.05, 4.69) is 73.6 Å². The van der Waals surface area contributed by atoms with Crippen LogP contribution in [-0.4, -0.2) is 95.8 Å². The summed E-state index contributed by atoms with van der Waals surface area (Å²) in [6.45, 7) is 9.66. The molecule has 2 aliphatic carbocycles. The molecular formula is C50H59FN8O3. The molecule has 3 aliphatic heterocycles. The fourth-order valence-corrected chi connectivity index (χ4v) is 10.5. The molecule has 11 nitrogen and oxygen atoms in total. The van der Waals surface area contributed by atoms with Crippen molar-refractivity contribution in [1.29, 1.82) is 0 Å². The van der Waals surface area contributed by atoms with Crippen molar-refractivity contribution in [3.05, 3.63) is 107 Å². The molecule has 12 heteroatoms. The molecule has 0 bridgehead atoms. The van der Waals surface area contributed by atoms with E-state index in [1.165, 1.54) is 22.8 Å². The Labute approximate surface area is 364 Å². The number of fused-ring (bicyclic) bond motifs is 1. The van der Waals surface area contributed by atoms with Gasteiger partial charge in [0.25, 0.3) is 0 Å². The van der Waals surface area contributed by atoms with Gasteiger partial charge in [0.05, 0.1) is 5.69 Å². The number of halogens is 1. The van der Waals surface area contributed by atoms with Crippen molar-refractivity contribution < 1.29 is 18.8 Å². The van der Waals surface area contributed by atoms with Gasteiger partial charge in [0.15, 0.2) is 5.78 Å². The minimum Gasteiger partial charge on any atom is -0.384 e. The molecule has 9 rings (SSSR count). The van der Waals surface area contributed by atoms with Gasteiger partial charge in [-0.25, -0.2) is 9.37 Å². The van der Waals surface area contributed by atoms with Gasteiger partial charge in [-0.05, 0) is 130 Å². The van der Waals surface area contributed by atoms with Gasteiger partial charge in [-0.3, -0.25) is 34.5 Å². The summed E-state index contributed by atoms with van der Waals surface area (Å²) in [4.78, 5) is 53.5. The average molecular weight is 839 g/mol. The number of likely N-dealkylation sites (tertiary alicyclic amines) is 1. The maximum Gasteiger partial charge on any atom is 0.249 e. The lowest BCUT2D eigenvalue weighted by atomic mass is 9.78. The third kappa shape index (κ3) is 9.46. The summed E-state index contributed by atoms with van der Waals surface area (Å²) in [6, 6.07) is 19.0. The van der Waals surface area contributed by atoms with Crippen molar-refractivity contribution in [2.24, 2.45) is 17.8 Å². The summed E-state index contributed by atoms with van der Waals surface area (Å²) in [6.07, 6.45) is 14.0. The van der Waals surface area contributed by atoms with Crippen LogP contribution in [0.25, 0.3) is 17.2 Å². The molecular weight excluding hydrogens is 780 g/mol. The van der Waals surface area contributed by atoms with Crippen molar-refractivity contribution in [3.63, 3.8) is 0 Å². The zero-order valence-electron chi connectivity index (χ0n) is 35.8. The monoisotopic (exact) mass is 838 g/mol. The van der Waals surface area contributed by atoms with Gasteiger partial charge < -0.3 is 16.0 Å². The van der Waals surface area contributed by atoms with E-state index in [1.54, 1.807) is 12.1 Å². The SMILES string of the molecule is CC1Cc2nccc(-c3ccc(N)nc3)c2C=C1CN1CCC(c2ccc(C(=O)C3CCC(CN4CCN(c5ccc(NC6CCC(=O)NC6=O)cc5F)CC4)CC3)cc2)CC1. The van der Waals surface area contributed by atoms with E-state index in [0.717, 1.165) is 120 Å². The zero-order chi connectivity index (χ0) is 42.7. The van der Waals surface area contributed by atoms with E-state index in [1.807, 2.05) is 24.5 Å². The van der Waals surface area contributed by atoms with Gasteiger partial charge in [0, 0.05) is 92.1 Å². The number of Topliss-reactive ketones (excluding diaryl/α,β-unsaturated/α-hetero) is 1. The largest absolute Gasteiger partial charge is 0.384 e. The smallest absolute Gasteiger partial charge is 0.249 e. The van der Waals surface area contributed by atoms with Crippen LogP contribution in [0.15, 0.2) is 78.6 Å². The topological polar surface area (TPSA) is 137 Å². The van der Waals surface area contributed by atoms with E-state index in [9.17, 15) is 14.4 Å². The molecule has 2 atom stereocenters. The summed E-state index contributed by atoms with van der Waals surface area (Å²) < 4.78 is 15.2. The maximum atomic E-state index is 15.2. The number of nitrogens with zero attached hydrogens (tertiary/aromatic N) is 5. The quantitative estimate of drug-likeness (QED) is 0.104. The number of piperidine rings is 2. The number of piperazine rings is 1.